The molecule has 1 unspecified atom stereocenters. The van der Waals surface area contributed by atoms with Crippen molar-refractivity contribution in [3.63, 3.8) is 0 Å². The maximum atomic E-state index is 14.4. The van der Waals surface area contributed by atoms with E-state index in [9.17, 15) is 17.6 Å². The third-order valence-corrected chi connectivity index (χ3v) is 7.30. The normalized spacial score (nSPS) is 16.4. The van der Waals surface area contributed by atoms with Crippen LogP contribution in [0.5, 0.6) is 0 Å². The van der Waals surface area contributed by atoms with E-state index in [2.05, 4.69) is 5.32 Å². The third-order valence-electron chi connectivity index (χ3n) is 5.39. The lowest BCUT2D eigenvalue weighted by atomic mass is 10.1. The number of nitrogens with zero attached hydrogens (tertiary/aromatic N) is 2. The van der Waals surface area contributed by atoms with Gasteiger partial charge in [0.25, 0.3) is 5.91 Å². The van der Waals surface area contributed by atoms with Gasteiger partial charge in [0.05, 0.1) is 6.04 Å². The van der Waals surface area contributed by atoms with Crippen molar-refractivity contribution in [2.45, 2.75) is 30.2 Å². The van der Waals surface area contributed by atoms with Crippen molar-refractivity contribution in [3.8, 4) is 0 Å². The van der Waals surface area contributed by atoms with Crippen LogP contribution in [0.1, 0.15) is 41.2 Å². The Morgan fingerprint density at radius 1 is 1.10 bits per heavy atom. The van der Waals surface area contributed by atoms with Gasteiger partial charge in [0.1, 0.15) is 10.7 Å². The second-order valence-corrected chi connectivity index (χ2v) is 9.62. The Labute approximate surface area is 177 Å². The molecule has 1 amide bonds. The zero-order valence-electron chi connectivity index (χ0n) is 17.3. The van der Waals surface area contributed by atoms with E-state index < -0.39 is 26.6 Å². The topological polar surface area (TPSA) is 69.7 Å². The summed E-state index contributed by atoms with van der Waals surface area (Å²) in [6, 6.07) is 13.2. The molecule has 2 aromatic carbocycles. The first-order valence-electron chi connectivity index (χ1n) is 10.1. The Kier molecular flexibility index (Phi) is 7.23. The van der Waals surface area contributed by atoms with Gasteiger partial charge in [-0.1, -0.05) is 36.8 Å². The van der Waals surface area contributed by atoms with Crippen LogP contribution in [0.4, 0.5) is 4.39 Å². The lowest BCUT2D eigenvalue weighted by Gasteiger charge is -2.26. The molecule has 1 heterocycles. The van der Waals surface area contributed by atoms with Crippen LogP contribution in [-0.4, -0.2) is 57.3 Å². The van der Waals surface area contributed by atoms with Gasteiger partial charge in [0, 0.05) is 25.2 Å². The van der Waals surface area contributed by atoms with Crippen LogP contribution < -0.4 is 5.32 Å². The number of likely N-dealkylation sites (N-methyl/N-ethyl adjacent to an activating group) is 1. The molecule has 30 heavy (non-hydrogen) atoms. The zero-order valence-corrected chi connectivity index (χ0v) is 18.2. The maximum Gasteiger partial charge on any atom is 0.251 e. The summed E-state index contributed by atoms with van der Waals surface area (Å²) >= 11 is 0. The predicted molar refractivity (Wildman–Crippen MR) is 114 cm³/mol. The summed E-state index contributed by atoms with van der Waals surface area (Å²) in [5, 5.41) is 2.85. The predicted octanol–water partition coefficient (Wildman–Crippen LogP) is 3.03. The molecule has 1 atom stereocenters. The van der Waals surface area contributed by atoms with E-state index in [0.717, 1.165) is 37.0 Å². The first-order chi connectivity index (χ1) is 14.3. The van der Waals surface area contributed by atoms with E-state index in [1.54, 1.807) is 0 Å². The van der Waals surface area contributed by atoms with Crippen LogP contribution in [0.3, 0.4) is 0 Å². The van der Waals surface area contributed by atoms with Crippen molar-refractivity contribution in [2.24, 2.45) is 0 Å². The number of halogens is 1. The number of carbonyl (C=O) groups excluding carboxylic acids is 1. The van der Waals surface area contributed by atoms with Gasteiger partial charge in [-0.3, -0.25) is 4.79 Å². The minimum absolute atomic E-state index is 0.0489. The van der Waals surface area contributed by atoms with Crippen LogP contribution in [0.2, 0.25) is 0 Å². The van der Waals surface area contributed by atoms with Crippen molar-refractivity contribution in [1.29, 1.82) is 0 Å². The van der Waals surface area contributed by atoms with Gasteiger partial charge in [-0.15, -0.1) is 0 Å². The molecule has 0 bridgehead atoms. The highest BCUT2D eigenvalue weighted by atomic mass is 32.2. The number of nitrogens with one attached hydrogen (secondary N) is 1. The van der Waals surface area contributed by atoms with Crippen molar-refractivity contribution in [3.05, 3.63) is 65.5 Å². The summed E-state index contributed by atoms with van der Waals surface area (Å²) < 4.78 is 41.4. The number of hydrogen-bond acceptors (Lipinski definition) is 4. The molecule has 0 saturated carbocycles. The molecule has 0 aromatic heterocycles. The van der Waals surface area contributed by atoms with Gasteiger partial charge in [0.2, 0.25) is 10.0 Å². The van der Waals surface area contributed by atoms with Crippen molar-refractivity contribution >= 4 is 15.9 Å². The standard InChI is InChI=1S/C22H28FN3O3S/c1-25(2)20(17-9-5-3-6-10-17)16-24-22(27)18-11-12-19(23)21(15-18)30(28,29)26-13-7-4-8-14-26/h3,5-6,9-12,15,20H,4,7-8,13-14,16H2,1-2H3,(H,24,27). The molecule has 162 valence electrons. The highest BCUT2D eigenvalue weighted by molar-refractivity contribution is 7.89. The second kappa shape index (κ2) is 9.68. The molecule has 0 spiro atoms. The molecule has 0 radical (unpaired) electrons. The molecule has 8 heteroatoms. The van der Waals surface area contributed by atoms with Gasteiger partial charge >= 0.3 is 0 Å². The number of amides is 1. The zero-order chi connectivity index (χ0) is 21.7. The van der Waals surface area contributed by atoms with Crippen LogP contribution in [0, 0.1) is 5.82 Å². The number of benzene rings is 2. The summed E-state index contributed by atoms with van der Waals surface area (Å²) in [5.41, 5.74) is 1.17. The van der Waals surface area contributed by atoms with E-state index in [1.165, 1.54) is 10.4 Å². The molecule has 1 aliphatic rings. The first kappa shape index (κ1) is 22.4. The second-order valence-electron chi connectivity index (χ2n) is 7.71. The molecule has 1 aliphatic heterocycles. The molecule has 1 saturated heterocycles. The molecule has 2 aromatic rings. The maximum absolute atomic E-state index is 14.4. The van der Waals surface area contributed by atoms with E-state index in [1.807, 2.05) is 49.3 Å². The summed E-state index contributed by atoms with van der Waals surface area (Å²) in [6.45, 7) is 1.08. The average Bonchev–Trinajstić information content (AvgIpc) is 2.75. The van der Waals surface area contributed by atoms with Crippen molar-refractivity contribution in [1.82, 2.24) is 14.5 Å². The van der Waals surface area contributed by atoms with E-state index in [4.69, 9.17) is 0 Å². The van der Waals surface area contributed by atoms with Crippen LogP contribution in [0.15, 0.2) is 53.4 Å². The average molecular weight is 434 g/mol. The number of sulfonamides is 1. The number of hydrogen-bond donors (Lipinski definition) is 1. The fraction of sp³-hybridized carbons (Fsp3) is 0.409. The Morgan fingerprint density at radius 2 is 1.77 bits per heavy atom. The largest absolute Gasteiger partial charge is 0.350 e. The molecular formula is C22H28FN3O3S. The van der Waals surface area contributed by atoms with Crippen LogP contribution in [0.25, 0.3) is 0 Å². The lowest BCUT2D eigenvalue weighted by Crippen LogP contribution is -2.36. The van der Waals surface area contributed by atoms with E-state index in [-0.39, 0.29) is 11.6 Å². The van der Waals surface area contributed by atoms with Gasteiger partial charge in [-0.05, 0) is 50.7 Å². The van der Waals surface area contributed by atoms with E-state index in [0.29, 0.717) is 19.6 Å². The lowest BCUT2D eigenvalue weighted by molar-refractivity contribution is 0.0941. The van der Waals surface area contributed by atoms with Gasteiger partial charge in [-0.2, -0.15) is 4.31 Å². The molecule has 0 aliphatic carbocycles. The Balaban J connectivity index is 1.77. The third kappa shape index (κ3) is 5.06. The molecule has 1 fully saturated rings. The number of piperidine rings is 1. The highest BCUT2D eigenvalue weighted by Gasteiger charge is 2.29. The Bertz CT molecular complexity index is 974. The fourth-order valence-corrected chi connectivity index (χ4v) is 5.26. The summed E-state index contributed by atoms with van der Waals surface area (Å²) in [5.74, 6) is -1.28. The Hall–Kier alpha value is -2.29. The molecule has 6 nitrogen and oxygen atoms in total. The first-order valence-corrected chi connectivity index (χ1v) is 11.5. The van der Waals surface area contributed by atoms with Crippen LogP contribution >= 0.6 is 0 Å². The number of rotatable bonds is 7. The summed E-state index contributed by atoms with van der Waals surface area (Å²) in [6.07, 6.45) is 2.48. The minimum atomic E-state index is -3.97. The van der Waals surface area contributed by atoms with Gasteiger partial charge in [0.15, 0.2) is 0 Å². The van der Waals surface area contributed by atoms with Crippen LogP contribution in [-0.2, 0) is 10.0 Å². The molecule has 3 rings (SSSR count). The molecular weight excluding hydrogens is 405 g/mol. The SMILES string of the molecule is CN(C)C(CNC(=O)c1ccc(F)c(S(=O)(=O)N2CCCCC2)c1)c1ccccc1. The highest BCUT2D eigenvalue weighted by Crippen LogP contribution is 2.24. The van der Waals surface area contributed by atoms with Gasteiger partial charge in [-0.25, -0.2) is 12.8 Å². The smallest absolute Gasteiger partial charge is 0.251 e. The van der Waals surface area contributed by atoms with E-state index >= 15 is 0 Å². The van der Waals surface area contributed by atoms with Gasteiger partial charge < -0.3 is 10.2 Å². The summed E-state index contributed by atoms with van der Waals surface area (Å²) in [4.78, 5) is 14.3. The fourth-order valence-electron chi connectivity index (χ4n) is 3.65. The summed E-state index contributed by atoms with van der Waals surface area (Å²) in [7, 11) is -0.123. The minimum Gasteiger partial charge on any atom is -0.350 e. The van der Waals surface area contributed by atoms with Crippen molar-refractivity contribution < 1.29 is 17.6 Å². The van der Waals surface area contributed by atoms with Crippen molar-refractivity contribution in [2.75, 3.05) is 33.7 Å². The molecule has 1 N–H and O–H groups in total. The Morgan fingerprint density at radius 3 is 2.40 bits per heavy atom. The quantitative estimate of drug-likeness (QED) is 0.729. The monoisotopic (exact) mass is 433 g/mol. The number of carbonyl (C=O) groups is 1.